The maximum absolute atomic E-state index is 14.2. The summed E-state index contributed by atoms with van der Waals surface area (Å²) in [6.07, 6.45) is 4.28. The van der Waals surface area contributed by atoms with E-state index in [9.17, 15) is 9.60 Å². The van der Waals surface area contributed by atoms with E-state index >= 15 is 0 Å². The molecular weight excluding hydrogens is 257 g/mol. The molecule has 2 heterocycles. The molecule has 20 heavy (non-hydrogen) atoms. The Morgan fingerprint density at radius 3 is 2.80 bits per heavy atom. The van der Waals surface area contributed by atoms with Crippen molar-refractivity contribution in [1.29, 1.82) is 0 Å². The standard InChI is InChI=1S/C15H12FN3O/c1-9-2-3-19(20)8-13(9)12-4-10-6-15(17)18-7-11(10)5-14(12)16/h2-8H,1H3,(H2,17,18). The fraction of sp³-hybridized carbons (Fsp3) is 0.0667. The Morgan fingerprint density at radius 2 is 2.00 bits per heavy atom. The first-order chi connectivity index (χ1) is 9.54. The van der Waals surface area contributed by atoms with Gasteiger partial charge in [-0.05, 0) is 36.1 Å². The highest BCUT2D eigenvalue weighted by Crippen LogP contribution is 2.29. The summed E-state index contributed by atoms with van der Waals surface area (Å²) in [5.74, 6) is -0.0166. The van der Waals surface area contributed by atoms with Crippen LogP contribution >= 0.6 is 0 Å². The van der Waals surface area contributed by atoms with Gasteiger partial charge in [0.05, 0.1) is 5.56 Å². The number of aromatic nitrogens is 2. The number of halogens is 1. The van der Waals surface area contributed by atoms with Gasteiger partial charge in [0.2, 0.25) is 0 Å². The number of anilines is 1. The maximum atomic E-state index is 14.2. The molecule has 0 unspecified atom stereocenters. The van der Waals surface area contributed by atoms with E-state index in [2.05, 4.69) is 4.98 Å². The van der Waals surface area contributed by atoms with Gasteiger partial charge in [-0.25, -0.2) is 9.37 Å². The first-order valence-corrected chi connectivity index (χ1v) is 6.09. The van der Waals surface area contributed by atoms with Crippen molar-refractivity contribution in [3.05, 3.63) is 59.4 Å². The first-order valence-electron chi connectivity index (χ1n) is 6.09. The molecule has 0 aliphatic heterocycles. The Bertz CT molecular complexity index is 818. The van der Waals surface area contributed by atoms with E-state index in [4.69, 9.17) is 5.73 Å². The van der Waals surface area contributed by atoms with Crippen LogP contribution < -0.4 is 10.5 Å². The van der Waals surface area contributed by atoms with Crippen molar-refractivity contribution < 1.29 is 9.12 Å². The molecule has 0 saturated heterocycles. The quantitative estimate of drug-likeness (QED) is 0.545. The molecule has 100 valence electrons. The van der Waals surface area contributed by atoms with Crippen LogP contribution in [0.3, 0.4) is 0 Å². The molecule has 0 radical (unpaired) electrons. The summed E-state index contributed by atoms with van der Waals surface area (Å²) in [5.41, 5.74) is 7.42. The van der Waals surface area contributed by atoms with Crippen molar-refractivity contribution in [3.8, 4) is 11.1 Å². The van der Waals surface area contributed by atoms with Gasteiger partial charge in [0.25, 0.3) is 0 Å². The van der Waals surface area contributed by atoms with Crippen LogP contribution in [-0.2, 0) is 0 Å². The summed E-state index contributed by atoms with van der Waals surface area (Å²) >= 11 is 0. The summed E-state index contributed by atoms with van der Waals surface area (Å²) in [5, 5.41) is 12.9. The van der Waals surface area contributed by atoms with Crippen LogP contribution in [0.15, 0.2) is 42.9 Å². The van der Waals surface area contributed by atoms with E-state index < -0.39 is 5.82 Å². The Hall–Kier alpha value is -2.69. The second-order valence-corrected chi connectivity index (χ2v) is 4.69. The molecular formula is C15H12FN3O. The fourth-order valence-corrected chi connectivity index (χ4v) is 2.22. The van der Waals surface area contributed by atoms with E-state index in [0.717, 1.165) is 10.9 Å². The molecule has 1 aromatic carbocycles. The molecule has 0 fully saturated rings. The predicted molar refractivity (Wildman–Crippen MR) is 75.2 cm³/mol. The molecule has 0 spiro atoms. The minimum Gasteiger partial charge on any atom is -0.619 e. The van der Waals surface area contributed by atoms with Crippen LogP contribution in [0.2, 0.25) is 0 Å². The van der Waals surface area contributed by atoms with E-state index in [0.29, 0.717) is 27.1 Å². The van der Waals surface area contributed by atoms with Gasteiger partial charge in [-0.15, -0.1) is 0 Å². The third kappa shape index (κ3) is 2.03. The Kier molecular flexibility index (Phi) is 2.75. The second kappa shape index (κ2) is 4.45. The van der Waals surface area contributed by atoms with Gasteiger partial charge in [-0.2, -0.15) is 4.73 Å². The Labute approximate surface area is 114 Å². The Morgan fingerprint density at radius 1 is 1.20 bits per heavy atom. The highest BCUT2D eigenvalue weighted by molar-refractivity contribution is 5.88. The number of benzene rings is 1. The number of fused-ring (bicyclic) bond motifs is 1. The largest absolute Gasteiger partial charge is 0.619 e. The zero-order chi connectivity index (χ0) is 14.3. The second-order valence-electron chi connectivity index (χ2n) is 4.69. The topological polar surface area (TPSA) is 65.8 Å². The van der Waals surface area contributed by atoms with E-state index in [1.54, 1.807) is 18.2 Å². The zero-order valence-electron chi connectivity index (χ0n) is 10.8. The maximum Gasteiger partial charge on any atom is 0.188 e. The lowest BCUT2D eigenvalue weighted by atomic mass is 9.99. The van der Waals surface area contributed by atoms with E-state index in [1.807, 2.05) is 6.92 Å². The van der Waals surface area contributed by atoms with Crippen molar-refractivity contribution >= 4 is 16.6 Å². The molecule has 4 nitrogen and oxygen atoms in total. The highest BCUT2D eigenvalue weighted by atomic mass is 19.1. The smallest absolute Gasteiger partial charge is 0.188 e. The SMILES string of the molecule is Cc1cc[n+]([O-])cc1-c1cc2cc(N)ncc2cc1F. The minimum atomic E-state index is -0.390. The fourth-order valence-electron chi connectivity index (χ4n) is 2.22. The zero-order valence-corrected chi connectivity index (χ0v) is 10.8. The van der Waals surface area contributed by atoms with Crippen LogP contribution in [0.1, 0.15) is 5.56 Å². The Balaban J connectivity index is 2.30. The molecule has 0 saturated carbocycles. The third-order valence-corrected chi connectivity index (χ3v) is 3.27. The number of nitrogen functional groups attached to an aromatic ring is 1. The van der Waals surface area contributed by atoms with Crippen molar-refractivity contribution in [2.45, 2.75) is 6.92 Å². The monoisotopic (exact) mass is 269 g/mol. The number of hydrogen-bond donors (Lipinski definition) is 1. The molecule has 5 heteroatoms. The summed E-state index contributed by atoms with van der Waals surface area (Å²) < 4.78 is 14.9. The summed E-state index contributed by atoms with van der Waals surface area (Å²) in [6.45, 7) is 1.83. The van der Waals surface area contributed by atoms with Gasteiger partial charge in [0.1, 0.15) is 11.6 Å². The number of nitrogens with two attached hydrogens (primary N) is 1. The number of hydrogen-bond acceptors (Lipinski definition) is 3. The van der Waals surface area contributed by atoms with Gasteiger partial charge in [0.15, 0.2) is 12.4 Å². The van der Waals surface area contributed by atoms with Crippen LogP contribution in [0.4, 0.5) is 10.2 Å². The van der Waals surface area contributed by atoms with Gasteiger partial charge in [0, 0.05) is 23.2 Å². The lowest BCUT2D eigenvalue weighted by Gasteiger charge is -2.08. The molecule has 0 amide bonds. The highest BCUT2D eigenvalue weighted by Gasteiger charge is 2.12. The molecule has 0 aliphatic rings. The lowest BCUT2D eigenvalue weighted by Crippen LogP contribution is -2.24. The van der Waals surface area contributed by atoms with Gasteiger partial charge >= 0.3 is 0 Å². The molecule has 2 aromatic heterocycles. The van der Waals surface area contributed by atoms with Crippen molar-refractivity contribution in [2.24, 2.45) is 0 Å². The van der Waals surface area contributed by atoms with E-state index in [1.165, 1.54) is 24.7 Å². The predicted octanol–water partition coefficient (Wildman–Crippen LogP) is 2.56. The van der Waals surface area contributed by atoms with E-state index in [-0.39, 0.29) is 0 Å². The molecule has 3 rings (SSSR count). The summed E-state index contributed by atoms with van der Waals surface area (Å²) in [7, 11) is 0. The van der Waals surface area contributed by atoms with Crippen molar-refractivity contribution in [3.63, 3.8) is 0 Å². The lowest BCUT2D eigenvalue weighted by molar-refractivity contribution is -0.604. The number of nitrogens with zero attached hydrogens (tertiary/aromatic N) is 2. The molecule has 2 N–H and O–H groups in total. The van der Waals surface area contributed by atoms with Gasteiger partial charge in [-0.3, -0.25) is 0 Å². The van der Waals surface area contributed by atoms with Gasteiger partial charge < -0.3 is 10.9 Å². The normalized spacial score (nSPS) is 10.9. The molecule has 0 aliphatic carbocycles. The average Bonchev–Trinajstić information content (AvgIpc) is 2.41. The minimum absolute atomic E-state index is 0.374. The third-order valence-electron chi connectivity index (χ3n) is 3.27. The summed E-state index contributed by atoms with van der Waals surface area (Å²) in [6, 6.07) is 6.43. The molecule has 0 atom stereocenters. The van der Waals surface area contributed by atoms with Crippen molar-refractivity contribution in [1.82, 2.24) is 4.98 Å². The van der Waals surface area contributed by atoms with Crippen LogP contribution in [0, 0.1) is 17.9 Å². The van der Waals surface area contributed by atoms with Gasteiger partial charge in [-0.1, -0.05) is 0 Å². The van der Waals surface area contributed by atoms with Crippen LogP contribution in [0.25, 0.3) is 21.9 Å². The van der Waals surface area contributed by atoms with Crippen molar-refractivity contribution in [2.75, 3.05) is 5.73 Å². The average molecular weight is 269 g/mol. The van der Waals surface area contributed by atoms with Crippen LogP contribution in [0.5, 0.6) is 0 Å². The molecule has 0 bridgehead atoms. The number of pyridine rings is 2. The first kappa shape index (κ1) is 12.3. The molecule has 3 aromatic rings. The number of aryl methyl sites for hydroxylation is 1. The summed E-state index contributed by atoms with van der Waals surface area (Å²) in [4.78, 5) is 3.94. The number of rotatable bonds is 1. The van der Waals surface area contributed by atoms with Crippen LogP contribution in [-0.4, -0.2) is 4.98 Å².